The Kier molecular flexibility index (Phi) is 3.69. The van der Waals surface area contributed by atoms with Crippen molar-refractivity contribution in [2.24, 2.45) is 11.3 Å². The van der Waals surface area contributed by atoms with Crippen molar-refractivity contribution >= 4 is 0 Å². The average Bonchev–Trinajstić information content (AvgIpc) is 2.82. The molecule has 2 heteroatoms. The van der Waals surface area contributed by atoms with E-state index in [1.54, 1.807) is 6.92 Å². The van der Waals surface area contributed by atoms with E-state index in [9.17, 15) is 10.4 Å². The van der Waals surface area contributed by atoms with E-state index >= 15 is 0 Å². The maximum absolute atomic E-state index is 11.0. The van der Waals surface area contributed by atoms with Gasteiger partial charge in [-0.05, 0) is 49.7 Å². The van der Waals surface area contributed by atoms with Crippen molar-refractivity contribution in [3.8, 4) is 6.07 Å². The van der Waals surface area contributed by atoms with E-state index in [4.69, 9.17) is 0 Å². The topological polar surface area (TPSA) is 44.0 Å². The van der Waals surface area contributed by atoms with E-state index < -0.39 is 11.0 Å². The van der Waals surface area contributed by atoms with E-state index in [0.29, 0.717) is 5.92 Å². The van der Waals surface area contributed by atoms with Crippen molar-refractivity contribution < 1.29 is 5.11 Å². The molecule has 0 bridgehead atoms. The van der Waals surface area contributed by atoms with Crippen molar-refractivity contribution in [2.75, 3.05) is 0 Å². The summed E-state index contributed by atoms with van der Waals surface area (Å²) in [5.74, 6) is 0.515. The zero-order chi connectivity index (χ0) is 14.1. The third kappa shape index (κ3) is 2.28. The molecule has 0 radical (unpaired) electrons. The number of hydrogen-bond donors (Lipinski definition) is 1. The molecule has 1 aliphatic rings. The summed E-state index contributed by atoms with van der Waals surface area (Å²) in [4.78, 5) is 0. The molecular weight excluding hydrogens is 234 g/mol. The number of nitrogens with zero attached hydrogens (tertiary/aromatic N) is 1. The Hall–Kier alpha value is -1.33. The molecule has 0 heterocycles. The molecule has 1 N–H and O–H groups in total. The van der Waals surface area contributed by atoms with Crippen LogP contribution < -0.4 is 0 Å². The maximum atomic E-state index is 11.0. The summed E-state index contributed by atoms with van der Waals surface area (Å²) in [6, 6.07) is 10.5. The van der Waals surface area contributed by atoms with E-state index in [-0.39, 0.29) is 0 Å². The lowest BCUT2D eigenvalue weighted by atomic mass is 9.68. The number of rotatable bonds is 3. The molecule has 3 unspecified atom stereocenters. The Morgan fingerprint density at radius 3 is 2.47 bits per heavy atom. The van der Waals surface area contributed by atoms with E-state index in [2.05, 4.69) is 19.9 Å². The maximum Gasteiger partial charge on any atom is 0.105 e. The summed E-state index contributed by atoms with van der Waals surface area (Å²) in [5, 5.41) is 20.6. The van der Waals surface area contributed by atoms with Crippen LogP contribution in [0, 0.1) is 22.7 Å². The van der Waals surface area contributed by atoms with Crippen molar-refractivity contribution in [1.29, 1.82) is 5.26 Å². The average molecular weight is 257 g/mol. The number of nitriles is 1. The Balaban J connectivity index is 2.37. The predicted octanol–water partition coefficient (Wildman–Crippen LogP) is 3.79. The minimum absolute atomic E-state index is 0.515. The van der Waals surface area contributed by atoms with Crippen molar-refractivity contribution in [3.63, 3.8) is 0 Å². The highest BCUT2D eigenvalue weighted by Gasteiger charge is 2.52. The first-order chi connectivity index (χ1) is 8.95. The second kappa shape index (κ2) is 4.98. The van der Waals surface area contributed by atoms with Gasteiger partial charge in [0, 0.05) is 0 Å². The number of hydrogen-bond acceptors (Lipinski definition) is 2. The third-order valence-corrected chi connectivity index (χ3v) is 4.83. The molecule has 1 fully saturated rings. The normalized spacial score (nSPS) is 29.7. The monoisotopic (exact) mass is 257 g/mol. The molecule has 1 aromatic rings. The first kappa shape index (κ1) is 14.1. The molecule has 3 atom stereocenters. The Morgan fingerprint density at radius 1 is 1.42 bits per heavy atom. The molecule has 0 spiro atoms. The highest BCUT2D eigenvalue weighted by atomic mass is 16.3. The lowest BCUT2D eigenvalue weighted by Gasteiger charge is -2.38. The standard InChI is InChI=1S/C17H23NO/c1-4-14-5-7-15(8-6-14)16(3,19)17(12-18)10-9-13(2)11-17/h5-8,13,19H,4,9-11H2,1-3H3. The molecule has 1 saturated carbocycles. The minimum Gasteiger partial charge on any atom is -0.384 e. The number of aryl methyl sites for hydroxylation is 1. The fraction of sp³-hybridized carbons (Fsp3) is 0.588. The lowest BCUT2D eigenvalue weighted by Crippen LogP contribution is -2.41. The molecule has 0 aliphatic heterocycles. The van der Waals surface area contributed by atoms with Gasteiger partial charge in [0.2, 0.25) is 0 Å². The predicted molar refractivity (Wildman–Crippen MR) is 76.5 cm³/mol. The van der Waals surface area contributed by atoms with Crippen LogP contribution in [0.25, 0.3) is 0 Å². The zero-order valence-electron chi connectivity index (χ0n) is 12.1. The van der Waals surface area contributed by atoms with Gasteiger partial charge in [-0.25, -0.2) is 0 Å². The summed E-state index contributed by atoms with van der Waals surface area (Å²) in [7, 11) is 0. The summed E-state index contributed by atoms with van der Waals surface area (Å²) in [6.07, 6.45) is 3.58. The number of aliphatic hydroxyl groups is 1. The Bertz CT molecular complexity index is 483. The second-order valence-corrected chi connectivity index (χ2v) is 6.16. The molecular formula is C17H23NO. The van der Waals surface area contributed by atoms with Crippen LogP contribution in [0.1, 0.15) is 51.2 Å². The van der Waals surface area contributed by atoms with Gasteiger partial charge in [-0.2, -0.15) is 5.26 Å². The van der Waals surface area contributed by atoms with Gasteiger partial charge in [-0.1, -0.05) is 38.1 Å². The molecule has 0 saturated heterocycles. The van der Waals surface area contributed by atoms with E-state index in [1.807, 2.05) is 24.3 Å². The first-order valence-electron chi connectivity index (χ1n) is 7.18. The Morgan fingerprint density at radius 2 is 2.05 bits per heavy atom. The zero-order valence-corrected chi connectivity index (χ0v) is 12.1. The molecule has 0 aromatic heterocycles. The molecule has 1 aromatic carbocycles. The molecule has 0 amide bonds. The van der Waals surface area contributed by atoms with Crippen LogP contribution in [-0.4, -0.2) is 5.11 Å². The van der Waals surface area contributed by atoms with Crippen molar-refractivity contribution in [3.05, 3.63) is 35.4 Å². The van der Waals surface area contributed by atoms with E-state index in [1.165, 1.54) is 5.56 Å². The van der Waals surface area contributed by atoms with Crippen LogP contribution in [-0.2, 0) is 12.0 Å². The minimum atomic E-state index is -1.07. The van der Waals surface area contributed by atoms with Gasteiger partial charge in [-0.15, -0.1) is 0 Å². The Labute approximate surface area is 116 Å². The van der Waals surface area contributed by atoms with E-state index in [0.717, 1.165) is 31.2 Å². The fourth-order valence-corrected chi connectivity index (χ4v) is 3.29. The smallest absolute Gasteiger partial charge is 0.105 e. The summed E-state index contributed by atoms with van der Waals surface area (Å²) in [5.41, 5.74) is 0.407. The van der Waals surface area contributed by atoms with Crippen molar-refractivity contribution in [2.45, 2.75) is 52.1 Å². The second-order valence-electron chi connectivity index (χ2n) is 6.16. The molecule has 102 valence electrons. The van der Waals surface area contributed by atoms with Crippen molar-refractivity contribution in [1.82, 2.24) is 0 Å². The molecule has 19 heavy (non-hydrogen) atoms. The summed E-state index contributed by atoms with van der Waals surface area (Å²) in [6.45, 7) is 6.08. The van der Waals surface area contributed by atoms with Gasteiger partial charge in [0.15, 0.2) is 0 Å². The van der Waals surface area contributed by atoms with Crippen LogP contribution >= 0.6 is 0 Å². The van der Waals surface area contributed by atoms with Gasteiger partial charge in [0.25, 0.3) is 0 Å². The van der Waals surface area contributed by atoms with Crippen LogP contribution in [0.15, 0.2) is 24.3 Å². The summed E-state index contributed by atoms with van der Waals surface area (Å²) >= 11 is 0. The van der Waals surface area contributed by atoms with Gasteiger partial charge in [0.05, 0.1) is 11.5 Å². The van der Waals surface area contributed by atoms with Crippen LogP contribution in [0.2, 0.25) is 0 Å². The highest BCUT2D eigenvalue weighted by Crippen LogP contribution is 2.52. The van der Waals surface area contributed by atoms with Gasteiger partial charge < -0.3 is 5.11 Å². The SMILES string of the molecule is CCc1ccc(C(C)(O)C2(C#N)CCC(C)C2)cc1. The fourth-order valence-electron chi connectivity index (χ4n) is 3.29. The highest BCUT2D eigenvalue weighted by molar-refractivity contribution is 5.31. The van der Waals surface area contributed by atoms with Gasteiger partial charge in [0.1, 0.15) is 5.60 Å². The molecule has 1 aliphatic carbocycles. The third-order valence-electron chi connectivity index (χ3n) is 4.83. The summed E-state index contributed by atoms with van der Waals surface area (Å²) < 4.78 is 0. The van der Waals surface area contributed by atoms with Gasteiger partial charge >= 0.3 is 0 Å². The quantitative estimate of drug-likeness (QED) is 0.895. The van der Waals surface area contributed by atoms with Crippen LogP contribution in [0.5, 0.6) is 0 Å². The largest absolute Gasteiger partial charge is 0.384 e. The molecule has 2 rings (SSSR count). The molecule has 2 nitrogen and oxygen atoms in total. The lowest BCUT2D eigenvalue weighted by molar-refractivity contribution is -0.0438. The number of benzene rings is 1. The van der Waals surface area contributed by atoms with Crippen LogP contribution in [0.3, 0.4) is 0 Å². The van der Waals surface area contributed by atoms with Gasteiger partial charge in [-0.3, -0.25) is 0 Å². The first-order valence-corrected chi connectivity index (χ1v) is 7.18. The van der Waals surface area contributed by atoms with Crippen LogP contribution in [0.4, 0.5) is 0 Å².